The summed E-state index contributed by atoms with van der Waals surface area (Å²) >= 11 is 2.02. The Morgan fingerprint density at radius 1 is 1.36 bits per heavy atom. The topological polar surface area (TPSA) is 0 Å². The number of hydrogen-bond donors (Lipinski definition) is 0. The van der Waals surface area contributed by atoms with Crippen molar-refractivity contribution in [2.24, 2.45) is 5.92 Å². The van der Waals surface area contributed by atoms with E-state index in [1.165, 1.54) is 17.7 Å². The lowest BCUT2D eigenvalue weighted by Gasteiger charge is -2.14. The Kier molecular flexibility index (Phi) is 5.75. The van der Waals surface area contributed by atoms with Crippen LogP contribution in [0.2, 0.25) is 0 Å². The van der Waals surface area contributed by atoms with Gasteiger partial charge in [0.2, 0.25) is 0 Å². The van der Waals surface area contributed by atoms with Crippen molar-refractivity contribution >= 4 is 11.8 Å². The Balaban J connectivity index is 3.57. The fraction of sp³-hybridized carbons (Fsp3) is 0.800. The van der Waals surface area contributed by atoms with Crippen molar-refractivity contribution < 1.29 is 0 Å². The molecule has 0 aliphatic carbocycles. The van der Waals surface area contributed by atoms with E-state index in [4.69, 9.17) is 0 Å². The summed E-state index contributed by atoms with van der Waals surface area (Å²) in [7, 11) is 0. The third kappa shape index (κ3) is 5.37. The Morgan fingerprint density at radius 3 is 2.27 bits per heavy atom. The first-order chi connectivity index (χ1) is 5.07. The molecule has 0 aromatic carbocycles. The summed E-state index contributed by atoms with van der Waals surface area (Å²) in [5.74, 6) is 1.86. The van der Waals surface area contributed by atoms with Crippen LogP contribution in [0.1, 0.15) is 34.1 Å². The number of rotatable bonds is 5. The SMILES string of the molecule is C=C(CC(C)SCC)C(C)C. The quantitative estimate of drug-likeness (QED) is 0.569. The fourth-order valence-corrected chi connectivity index (χ4v) is 1.85. The average molecular weight is 172 g/mol. The van der Waals surface area contributed by atoms with Gasteiger partial charge < -0.3 is 0 Å². The molecule has 0 radical (unpaired) electrons. The van der Waals surface area contributed by atoms with E-state index < -0.39 is 0 Å². The van der Waals surface area contributed by atoms with Crippen LogP contribution < -0.4 is 0 Å². The lowest BCUT2D eigenvalue weighted by molar-refractivity contribution is 0.711. The smallest absolute Gasteiger partial charge is 0.00557 e. The third-order valence-electron chi connectivity index (χ3n) is 1.82. The Morgan fingerprint density at radius 2 is 1.91 bits per heavy atom. The largest absolute Gasteiger partial charge is 0.159 e. The summed E-state index contributed by atoms with van der Waals surface area (Å²) in [6.07, 6.45) is 1.18. The van der Waals surface area contributed by atoms with Crippen LogP contribution >= 0.6 is 11.8 Å². The first kappa shape index (κ1) is 11.1. The molecule has 0 rings (SSSR count). The van der Waals surface area contributed by atoms with Gasteiger partial charge >= 0.3 is 0 Å². The normalized spacial score (nSPS) is 13.5. The molecule has 0 heterocycles. The van der Waals surface area contributed by atoms with Crippen LogP contribution in [-0.2, 0) is 0 Å². The van der Waals surface area contributed by atoms with Crippen LogP contribution in [0.5, 0.6) is 0 Å². The molecule has 11 heavy (non-hydrogen) atoms. The summed E-state index contributed by atoms with van der Waals surface area (Å²) in [5.41, 5.74) is 1.39. The maximum absolute atomic E-state index is 4.06. The van der Waals surface area contributed by atoms with Gasteiger partial charge in [0, 0.05) is 5.25 Å². The summed E-state index contributed by atoms with van der Waals surface area (Å²) in [6.45, 7) is 13.0. The molecule has 0 nitrogen and oxygen atoms in total. The summed E-state index contributed by atoms with van der Waals surface area (Å²) in [4.78, 5) is 0. The van der Waals surface area contributed by atoms with E-state index >= 15 is 0 Å². The molecular formula is C10H20S. The zero-order chi connectivity index (χ0) is 8.85. The van der Waals surface area contributed by atoms with Gasteiger partial charge in [0.25, 0.3) is 0 Å². The van der Waals surface area contributed by atoms with Crippen LogP contribution in [0.3, 0.4) is 0 Å². The minimum atomic E-state index is 0.648. The van der Waals surface area contributed by atoms with Crippen molar-refractivity contribution in [3.63, 3.8) is 0 Å². The lowest BCUT2D eigenvalue weighted by Crippen LogP contribution is -2.02. The van der Waals surface area contributed by atoms with Crippen LogP contribution in [0.25, 0.3) is 0 Å². The molecule has 0 spiro atoms. The molecule has 0 saturated carbocycles. The van der Waals surface area contributed by atoms with Gasteiger partial charge in [0.15, 0.2) is 0 Å². The molecule has 0 aliphatic heterocycles. The highest BCUT2D eigenvalue weighted by Crippen LogP contribution is 2.21. The Hall–Kier alpha value is 0.0900. The van der Waals surface area contributed by atoms with E-state index in [-0.39, 0.29) is 0 Å². The number of hydrogen-bond acceptors (Lipinski definition) is 1. The van der Waals surface area contributed by atoms with Gasteiger partial charge in [-0.3, -0.25) is 0 Å². The second kappa shape index (κ2) is 5.70. The highest BCUT2D eigenvalue weighted by Gasteiger charge is 2.05. The summed E-state index contributed by atoms with van der Waals surface area (Å²) in [6, 6.07) is 0. The maximum Gasteiger partial charge on any atom is 0.00557 e. The molecule has 0 aromatic rings. The molecule has 1 atom stereocenters. The molecule has 0 saturated heterocycles. The minimum absolute atomic E-state index is 0.648. The van der Waals surface area contributed by atoms with Crippen molar-refractivity contribution in [2.75, 3.05) is 5.75 Å². The van der Waals surface area contributed by atoms with Crippen molar-refractivity contribution in [3.05, 3.63) is 12.2 Å². The monoisotopic (exact) mass is 172 g/mol. The molecule has 0 aromatic heterocycles. The zero-order valence-corrected chi connectivity index (χ0v) is 9.00. The number of allylic oxidation sites excluding steroid dienone is 1. The molecule has 1 unspecified atom stereocenters. The van der Waals surface area contributed by atoms with Crippen molar-refractivity contribution in [3.8, 4) is 0 Å². The first-order valence-electron chi connectivity index (χ1n) is 4.37. The maximum atomic E-state index is 4.06. The van der Waals surface area contributed by atoms with Crippen molar-refractivity contribution in [1.82, 2.24) is 0 Å². The molecule has 0 N–H and O–H groups in total. The van der Waals surface area contributed by atoms with E-state index in [0.717, 1.165) is 5.25 Å². The lowest BCUT2D eigenvalue weighted by atomic mass is 10.0. The standard InChI is InChI=1S/C10H20S/c1-6-11-10(5)7-9(4)8(2)3/h8,10H,4,6-7H2,1-3,5H3. The molecule has 0 aliphatic rings. The van der Waals surface area contributed by atoms with Gasteiger partial charge in [-0.2, -0.15) is 11.8 Å². The highest BCUT2D eigenvalue weighted by molar-refractivity contribution is 7.99. The van der Waals surface area contributed by atoms with Crippen molar-refractivity contribution in [2.45, 2.75) is 39.4 Å². The molecule has 0 amide bonds. The Bertz CT molecular complexity index is 116. The zero-order valence-electron chi connectivity index (χ0n) is 8.18. The predicted octanol–water partition coefficient (Wildman–Crippen LogP) is 3.73. The van der Waals surface area contributed by atoms with Gasteiger partial charge in [-0.15, -0.1) is 0 Å². The fourth-order valence-electron chi connectivity index (χ4n) is 0.948. The third-order valence-corrected chi connectivity index (χ3v) is 2.89. The molecule has 0 fully saturated rings. The van der Waals surface area contributed by atoms with E-state index in [2.05, 4.69) is 34.3 Å². The van der Waals surface area contributed by atoms with Gasteiger partial charge in [-0.25, -0.2) is 0 Å². The van der Waals surface area contributed by atoms with Crippen LogP contribution in [0, 0.1) is 5.92 Å². The predicted molar refractivity (Wildman–Crippen MR) is 56.2 cm³/mol. The highest BCUT2D eigenvalue weighted by atomic mass is 32.2. The molecule has 1 heteroatoms. The first-order valence-corrected chi connectivity index (χ1v) is 5.42. The van der Waals surface area contributed by atoms with Crippen LogP contribution in [0.15, 0.2) is 12.2 Å². The van der Waals surface area contributed by atoms with Gasteiger partial charge in [0.05, 0.1) is 0 Å². The van der Waals surface area contributed by atoms with Crippen molar-refractivity contribution in [1.29, 1.82) is 0 Å². The van der Waals surface area contributed by atoms with E-state index in [0.29, 0.717) is 5.92 Å². The second-order valence-electron chi connectivity index (χ2n) is 3.28. The van der Waals surface area contributed by atoms with Gasteiger partial charge in [-0.1, -0.05) is 39.8 Å². The average Bonchev–Trinajstić information content (AvgIpc) is 1.87. The molecule has 0 bridgehead atoms. The van der Waals surface area contributed by atoms with Gasteiger partial charge in [0.1, 0.15) is 0 Å². The molecular weight excluding hydrogens is 152 g/mol. The Labute approximate surface area is 75.5 Å². The van der Waals surface area contributed by atoms with Crippen LogP contribution in [-0.4, -0.2) is 11.0 Å². The summed E-state index contributed by atoms with van der Waals surface area (Å²) < 4.78 is 0. The number of thioether (sulfide) groups is 1. The van der Waals surface area contributed by atoms with E-state index in [1.807, 2.05) is 11.8 Å². The minimum Gasteiger partial charge on any atom is -0.159 e. The van der Waals surface area contributed by atoms with E-state index in [9.17, 15) is 0 Å². The van der Waals surface area contributed by atoms with Gasteiger partial charge in [-0.05, 0) is 18.1 Å². The second-order valence-corrected chi connectivity index (χ2v) is 5.00. The molecule has 66 valence electrons. The summed E-state index contributed by atoms with van der Waals surface area (Å²) in [5, 5.41) is 0.745. The van der Waals surface area contributed by atoms with E-state index in [1.54, 1.807) is 0 Å². The van der Waals surface area contributed by atoms with Crippen LogP contribution in [0.4, 0.5) is 0 Å².